The Morgan fingerprint density at radius 1 is 0.889 bits per heavy atom. The van der Waals surface area contributed by atoms with E-state index in [1.807, 2.05) is 67.1 Å². The van der Waals surface area contributed by atoms with Crippen molar-refractivity contribution in [2.75, 3.05) is 0 Å². The standard InChI is InChI=1S/C28H25N5O2S/c1-18-14-19(2)33(32-18)28-25(29-17-20-8-4-3-5-9-20)16-24(30-31-28)21-12-13-27-23(15-21)22-10-6-7-11-26(22)36(27,34)35/h3-15,25,29H,16-17H2,1-2H3. The SMILES string of the molecule is Cc1cc(C)n(C2=NN=C(c3ccc4c(c3)-c3ccccc3S4(=O)=O)CC2NCc2ccccc2)n1. The lowest BCUT2D eigenvalue weighted by atomic mass is 9.97. The fourth-order valence-electron chi connectivity index (χ4n) is 4.93. The van der Waals surface area contributed by atoms with Crippen molar-refractivity contribution in [1.29, 1.82) is 0 Å². The molecule has 0 fully saturated rings. The smallest absolute Gasteiger partial charge is 0.207 e. The number of sulfone groups is 1. The van der Waals surface area contributed by atoms with Crippen molar-refractivity contribution in [3.05, 3.63) is 101 Å². The monoisotopic (exact) mass is 495 g/mol. The first-order valence-corrected chi connectivity index (χ1v) is 13.3. The number of aryl methyl sites for hydroxylation is 2. The molecule has 0 saturated heterocycles. The lowest BCUT2D eigenvalue weighted by Crippen LogP contribution is -2.44. The van der Waals surface area contributed by atoms with E-state index in [1.54, 1.807) is 18.2 Å². The van der Waals surface area contributed by atoms with E-state index in [0.29, 0.717) is 28.3 Å². The van der Waals surface area contributed by atoms with Gasteiger partial charge in [-0.15, -0.1) is 5.10 Å². The molecule has 4 aromatic rings. The van der Waals surface area contributed by atoms with Gasteiger partial charge < -0.3 is 5.32 Å². The van der Waals surface area contributed by atoms with Gasteiger partial charge in [-0.2, -0.15) is 10.2 Å². The van der Waals surface area contributed by atoms with E-state index in [9.17, 15) is 8.42 Å². The van der Waals surface area contributed by atoms with Crippen molar-refractivity contribution in [3.63, 3.8) is 0 Å². The van der Waals surface area contributed by atoms with Crippen molar-refractivity contribution in [3.8, 4) is 11.1 Å². The molecular formula is C28H25N5O2S. The summed E-state index contributed by atoms with van der Waals surface area (Å²) in [6.07, 6.45) is 0.594. The predicted octanol–water partition coefficient (Wildman–Crippen LogP) is 4.53. The topological polar surface area (TPSA) is 88.7 Å². The first-order chi connectivity index (χ1) is 17.4. The second kappa shape index (κ2) is 8.65. The summed E-state index contributed by atoms with van der Waals surface area (Å²) in [6, 6.07) is 24.7. The Labute approximate surface area is 210 Å². The number of nitrogens with one attached hydrogen (secondary N) is 1. The fraction of sp³-hybridized carbons (Fsp3) is 0.179. The molecule has 0 bridgehead atoms. The van der Waals surface area contributed by atoms with Crippen LogP contribution in [0.2, 0.25) is 0 Å². The molecule has 1 N–H and O–H groups in total. The van der Waals surface area contributed by atoms with Crippen molar-refractivity contribution in [2.45, 2.75) is 42.6 Å². The highest BCUT2D eigenvalue weighted by Crippen LogP contribution is 2.43. The Hall–Kier alpha value is -3.88. The molecule has 3 heterocycles. The van der Waals surface area contributed by atoms with E-state index in [0.717, 1.165) is 34.1 Å². The van der Waals surface area contributed by atoms with Crippen molar-refractivity contribution in [2.24, 2.45) is 10.2 Å². The highest BCUT2D eigenvalue weighted by atomic mass is 32.2. The fourth-order valence-corrected chi connectivity index (χ4v) is 6.60. The summed E-state index contributed by atoms with van der Waals surface area (Å²) in [6.45, 7) is 4.64. The Morgan fingerprint density at radius 3 is 2.42 bits per heavy atom. The number of hydrogen-bond acceptors (Lipinski definition) is 6. The van der Waals surface area contributed by atoms with Crippen LogP contribution in [0, 0.1) is 13.8 Å². The Kier molecular flexibility index (Phi) is 5.43. The van der Waals surface area contributed by atoms with Gasteiger partial charge in [0.05, 0.1) is 27.2 Å². The number of nitrogens with zero attached hydrogens (tertiary/aromatic N) is 4. The van der Waals surface area contributed by atoms with E-state index in [4.69, 9.17) is 0 Å². The first kappa shape index (κ1) is 22.6. The summed E-state index contributed by atoms with van der Waals surface area (Å²) in [5, 5.41) is 17.5. The van der Waals surface area contributed by atoms with Crippen LogP contribution < -0.4 is 5.32 Å². The molecule has 0 spiro atoms. The van der Waals surface area contributed by atoms with Crippen LogP contribution in [0.3, 0.4) is 0 Å². The van der Waals surface area contributed by atoms with Gasteiger partial charge in [-0.1, -0.05) is 54.6 Å². The molecule has 0 radical (unpaired) electrons. The lowest BCUT2D eigenvalue weighted by molar-refractivity contribution is 0.598. The van der Waals surface area contributed by atoms with Crippen LogP contribution in [0.15, 0.2) is 98.9 Å². The summed E-state index contributed by atoms with van der Waals surface area (Å²) in [5.41, 5.74) is 6.21. The van der Waals surface area contributed by atoms with Crippen LogP contribution in [0.4, 0.5) is 0 Å². The van der Waals surface area contributed by atoms with Crippen LogP contribution in [0.1, 0.15) is 28.9 Å². The minimum atomic E-state index is -3.50. The number of hydrogen-bond donors (Lipinski definition) is 1. The van der Waals surface area contributed by atoms with Crippen LogP contribution in [-0.2, 0) is 16.4 Å². The number of benzene rings is 3. The maximum atomic E-state index is 13.0. The third-order valence-corrected chi connectivity index (χ3v) is 8.54. The summed E-state index contributed by atoms with van der Waals surface area (Å²) in [5.74, 6) is 0.745. The molecule has 3 aromatic carbocycles. The average Bonchev–Trinajstić information content (AvgIpc) is 3.35. The molecule has 1 unspecified atom stereocenters. The van der Waals surface area contributed by atoms with Gasteiger partial charge in [0.25, 0.3) is 0 Å². The number of aromatic nitrogens is 2. The lowest BCUT2D eigenvalue weighted by Gasteiger charge is -2.25. The summed E-state index contributed by atoms with van der Waals surface area (Å²) < 4.78 is 27.8. The van der Waals surface area contributed by atoms with Gasteiger partial charge in [0.1, 0.15) is 0 Å². The zero-order valence-corrected chi connectivity index (χ0v) is 20.8. The Morgan fingerprint density at radius 2 is 1.64 bits per heavy atom. The van der Waals surface area contributed by atoms with E-state index in [1.165, 1.54) is 5.56 Å². The number of rotatable bonds is 4. The largest absolute Gasteiger partial charge is 0.303 e. The van der Waals surface area contributed by atoms with Gasteiger partial charge in [0.15, 0.2) is 5.84 Å². The molecule has 0 aliphatic carbocycles. The summed E-state index contributed by atoms with van der Waals surface area (Å²) in [4.78, 5) is 0.699. The van der Waals surface area contributed by atoms with Crippen LogP contribution in [-0.4, -0.2) is 35.8 Å². The maximum Gasteiger partial charge on any atom is 0.207 e. The highest BCUT2D eigenvalue weighted by Gasteiger charge is 2.33. The molecule has 6 rings (SSSR count). The van der Waals surface area contributed by atoms with Gasteiger partial charge >= 0.3 is 0 Å². The minimum absolute atomic E-state index is 0.125. The zero-order chi connectivity index (χ0) is 24.9. The van der Waals surface area contributed by atoms with Crippen molar-refractivity contribution < 1.29 is 8.42 Å². The van der Waals surface area contributed by atoms with Gasteiger partial charge in [-0.25, -0.2) is 13.1 Å². The number of fused-ring (bicyclic) bond motifs is 3. The molecule has 36 heavy (non-hydrogen) atoms. The normalized spacial score (nSPS) is 17.8. The van der Waals surface area contributed by atoms with E-state index < -0.39 is 9.84 Å². The van der Waals surface area contributed by atoms with Crippen molar-refractivity contribution in [1.82, 2.24) is 15.1 Å². The van der Waals surface area contributed by atoms with Gasteiger partial charge in [-0.3, -0.25) is 0 Å². The van der Waals surface area contributed by atoms with Crippen LogP contribution >= 0.6 is 0 Å². The van der Waals surface area contributed by atoms with Gasteiger partial charge in [0, 0.05) is 29.8 Å². The van der Waals surface area contributed by atoms with E-state index in [-0.39, 0.29) is 6.04 Å². The quantitative estimate of drug-likeness (QED) is 0.397. The van der Waals surface area contributed by atoms with Gasteiger partial charge in [0.2, 0.25) is 9.84 Å². The Bertz CT molecular complexity index is 1650. The van der Waals surface area contributed by atoms with Crippen LogP contribution in [0.5, 0.6) is 0 Å². The average molecular weight is 496 g/mol. The maximum absolute atomic E-state index is 13.0. The highest BCUT2D eigenvalue weighted by molar-refractivity contribution is 7.92. The van der Waals surface area contributed by atoms with Gasteiger partial charge in [-0.05, 0) is 49.2 Å². The van der Waals surface area contributed by atoms with Crippen LogP contribution in [0.25, 0.3) is 11.1 Å². The molecule has 2 aliphatic heterocycles. The second-order valence-corrected chi connectivity index (χ2v) is 11.1. The third kappa shape index (κ3) is 3.79. The summed E-state index contributed by atoms with van der Waals surface area (Å²) >= 11 is 0. The molecule has 8 heteroatoms. The molecular weight excluding hydrogens is 470 g/mol. The molecule has 1 atom stereocenters. The predicted molar refractivity (Wildman–Crippen MR) is 140 cm³/mol. The molecule has 180 valence electrons. The Balaban J connectivity index is 1.38. The van der Waals surface area contributed by atoms with E-state index >= 15 is 0 Å². The van der Waals surface area contributed by atoms with E-state index in [2.05, 4.69) is 32.8 Å². The second-order valence-electron chi connectivity index (χ2n) is 9.18. The third-order valence-electron chi connectivity index (χ3n) is 6.67. The first-order valence-electron chi connectivity index (χ1n) is 11.9. The van der Waals surface area contributed by atoms with Crippen molar-refractivity contribution >= 4 is 21.4 Å². The molecule has 0 saturated carbocycles. The minimum Gasteiger partial charge on any atom is -0.303 e. The summed E-state index contributed by atoms with van der Waals surface area (Å²) in [7, 11) is -3.50. The molecule has 0 amide bonds. The zero-order valence-electron chi connectivity index (χ0n) is 20.0. The molecule has 7 nitrogen and oxygen atoms in total. The molecule has 1 aromatic heterocycles. The molecule has 2 aliphatic rings.